The minimum Gasteiger partial charge on any atom is -0.467 e. The summed E-state index contributed by atoms with van der Waals surface area (Å²) in [4.78, 5) is 11.8. The van der Waals surface area contributed by atoms with Crippen LogP contribution < -0.4 is 10.6 Å². The third-order valence-corrected chi connectivity index (χ3v) is 5.82. The van der Waals surface area contributed by atoms with Gasteiger partial charge in [0.15, 0.2) is 0 Å². The minimum atomic E-state index is 0.0791. The predicted octanol–water partition coefficient (Wildman–Crippen LogP) is 2.48. The van der Waals surface area contributed by atoms with Gasteiger partial charge in [-0.15, -0.1) is 0 Å². The van der Waals surface area contributed by atoms with E-state index in [2.05, 4.69) is 22.8 Å². The summed E-state index contributed by atoms with van der Waals surface area (Å²) in [5, 5.41) is 6.36. The number of hydrogen-bond acceptors (Lipinski definition) is 3. The number of carbonyl (C=O) groups excluding carboxylic acids is 1. The Morgan fingerprint density at radius 2 is 2.27 bits per heavy atom. The highest BCUT2D eigenvalue weighted by atomic mass is 16.3. The molecule has 3 aliphatic carbocycles. The van der Waals surface area contributed by atoms with E-state index in [0.717, 1.165) is 36.6 Å². The Hall–Kier alpha value is -1.55. The summed E-state index contributed by atoms with van der Waals surface area (Å²) in [6.45, 7) is 2.29. The standard InChI is InChI=1S/C18H24N2O2/c21-17(20-12-15-2-1-9-22-15)5-8-19-11-13-10-14-3-4-16(13)18(14)6-7-18/h1-4,9,13-14,16,19H,5-8,10-12H2,(H,20,21)/t13-,14-,16-/m0/s1. The molecular formula is C18H24N2O2. The smallest absolute Gasteiger partial charge is 0.221 e. The van der Waals surface area contributed by atoms with Gasteiger partial charge in [-0.25, -0.2) is 0 Å². The summed E-state index contributed by atoms with van der Waals surface area (Å²) in [7, 11) is 0. The van der Waals surface area contributed by atoms with E-state index < -0.39 is 0 Å². The number of nitrogens with one attached hydrogen (secondary N) is 2. The molecule has 0 aliphatic heterocycles. The highest BCUT2D eigenvalue weighted by Crippen LogP contribution is 2.69. The number of amides is 1. The lowest BCUT2D eigenvalue weighted by atomic mass is 9.89. The molecule has 4 nitrogen and oxygen atoms in total. The van der Waals surface area contributed by atoms with Crippen molar-refractivity contribution in [2.24, 2.45) is 23.2 Å². The van der Waals surface area contributed by atoms with Crippen molar-refractivity contribution in [1.29, 1.82) is 0 Å². The van der Waals surface area contributed by atoms with Crippen molar-refractivity contribution in [1.82, 2.24) is 10.6 Å². The molecule has 2 saturated carbocycles. The summed E-state index contributed by atoms with van der Waals surface area (Å²) in [6.07, 6.45) is 11.3. The molecule has 2 N–H and O–H groups in total. The number of carbonyl (C=O) groups is 1. The van der Waals surface area contributed by atoms with E-state index >= 15 is 0 Å². The van der Waals surface area contributed by atoms with Gasteiger partial charge in [0.2, 0.25) is 5.91 Å². The third kappa shape index (κ3) is 2.50. The Bertz CT molecular complexity index is 560. The summed E-state index contributed by atoms with van der Waals surface area (Å²) in [5.74, 6) is 3.31. The topological polar surface area (TPSA) is 54.3 Å². The molecule has 0 aromatic carbocycles. The van der Waals surface area contributed by atoms with Crippen molar-refractivity contribution in [3.63, 3.8) is 0 Å². The number of hydrogen-bond donors (Lipinski definition) is 2. The molecule has 22 heavy (non-hydrogen) atoms. The van der Waals surface area contributed by atoms with Gasteiger partial charge in [-0.05, 0) is 61.1 Å². The average Bonchev–Trinajstić information content (AvgIpc) is 2.89. The van der Waals surface area contributed by atoms with Crippen LogP contribution in [0.2, 0.25) is 0 Å². The van der Waals surface area contributed by atoms with E-state index in [1.54, 1.807) is 6.26 Å². The number of allylic oxidation sites excluding steroid dienone is 2. The van der Waals surface area contributed by atoms with Crippen LogP contribution in [-0.2, 0) is 11.3 Å². The van der Waals surface area contributed by atoms with Crippen molar-refractivity contribution < 1.29 is 9.21 Å². The van der Waals surface area contributed by atoms with Gasteiger partial charge in [0, 0.05) is 13.0 Å². The summed E-state index contributed by atoms with van der Waals surface area (Å²) < 4.78 is 5.19. The molecule has 1 aromatic rings. The number of furan rings is 1. The molecule has 2 fully saturated rings. The lowest BCUT2D eigenvalue weighted by Gasteiger charge is -2.20. The maximum atomic E-state index is 11.8. The summed E-state index contributed by atoms with van der Waals surface area (Å²) >= 11 is 0. The first-order chi connectivity index (χ1) is 10.8. The fraction of sp³-hybridized carbons (Fsp3) is 0.611. The van der Waals surface area contributed by atoms with E-state index in [1.807, 2.05) is 12.1 Å². The quantitative estimate of drug-likeness (QED) is 0.601. The third-order valence-electron chi connectivity index (χ3n) is 5.82. The highest BCUT2D eigenvalue weighted by Gasteiger charge is 2.62. The van der Waals surface area contributed by atoms with E-state index in [-0.39, 0.29) is 5.91 Å². The Balaban J connectivity index is 1.13. The van der Waals surface area contributed by atoms with Crippen LogP contribution in [-0.4, -0.2) is 19.0 Å². The second-order valence-electron chi connectivity index (χ2n) is 7.06. The normalized spacial score (nSPS) is 30.1. The first-order valence-corrected chi connectivity index (χ1v) is 8.46. The first-order valence-electron chi connectivity index (χ1n) is 8.46. The minimum absolute atomic E-state index is 0.0791. The van der Waals surface area contributed by atoms with Crippen LogP contribution in [0.15, 0.2) is 35.0 Å². The predicted molar refractivity (Wildman–Crippen MR) is 83.9 cm³/mol. The molecule has 1 amide bonds. The van der Waals surface area contributed by atoms with E-state index in [9.17, 15) is 4.79 Å². The zero-order valence-corrected chi connectivity index (χ0v) is 12.9. The maximum Gasteiger partial charge on any atom is 0.221 e. The molecule has 1 heterocycles. The van der Waals surface area contributed by atoms with Crippen molar-refractivity contribution in [3.8, 4) is 0 Å². The van der Waals surface area contributed by atoms with Crippen molar-refractivity contribution in [2.45, 2.75) is 32.2 Å². The molecule has 118 valence electrons. The molecule has 4 heteroatoms. The van der Waals surface area contributed by atoms with Gasteiger partial charge in [-0.1, -0.05) is 12.2 Å². The van der Waals surface area contributed by atoms with Crippen LogP contribution in [0.25, 0.3) is 0 Å². The fourth-order valence-corrected chi connectivity index (χ4v) is 4.53. The SMILES string of the molecule is O=C(CCNC[C@@H]1C[C@@H]2C=C[C@@H]1C21CC1)NCc1ccco1. The molecule has 1 spiro atoms. The second-order valence-corrected chi connectivity index (χ2v) is 7.06. The van der Waals surface area contributed by atoms with Crippen LogP contribution in [0, 0.1) is 23.2 Å². The molecule has 1 aromatic heterocycles. The average molecular weight is 300 g/mol. The van der Waals surface area contributed by atoms with Crippen LogP contribution in [0.3, 0.4) is 0 Å². The van der Waals surface area contributed by atoms with Crippen LogP contribution in [0.4, 0.5) is 0 Å². The van der Waals surface area contributed by atoms with Crippen LogP contribution in [0.5, 0.6) is 0 Å². The van der Waals surface area contributed by atoms with Crippen LogP contribution in [0.1, 0.15) is 31.4 Å². The molecule has 0 radical (unpaired) electrons. The molecule has 4 rings (SSSR count). The van der Waals surface area contributed by atoms with E-state index in [4.69, 9.17) is 4.42 Å². The van der Waals surface area contributed by atoms with Gasteiger partial charge >= 0.3 is 0 Å². The molecular weight excluding hydrogens is 276 g/mol. The Morgan fingerprint density at radius 1 is 1.36 bits per heavy atom. The maximum absolute atomic E-state index is 11.8. The van der Waals surface area contributed by atoms with Gasteiger partial charge < -0.3 is 15.1 Å². The Kier molecular flexibility index (Phi) is 3.57. The zero-order chi connectivity index (χ0) is 15.0. The number of rotatable bonds is 7. The largest absolute Gasteiger partial charge is 0.467 e. The Labute approximate surface area is 131 Å². The van der Waals surface area contributed by atoms with Crippen molar-refractivity contribution in [2.75, 3.05) is 13.1 Å². The molecule has 3 aliphatic rings. The fourth-order valence-electron chi connectivity index (χ4n) is 4.53. The summed E-state index contributed by atoms with van der Waals surface area (Å²) in [5.41, 5.74) is 0.673. The lowest BCUT2D eigenvalue weighted by molar-refractivity contribution is -0.121. The van der Waals surface area contributed by atoms with Gasteiger partial charge in [0.1, 0.15) is 5.76 Å². The second kappa shape index (κ2) is 5.58. The Morgan fingerprint density at radius 3 is 3.00 bits per heavy atom. The van der Waals surface area contributed by atoms with Gasteiger partial charge in [-0.2, -0.15) is 0 Å². The van der Waals surface area contributed by atoms with Gasteiger partial charge in [0.05, 0.1) is 12.8 Å². The monoisotopic (exact) mass is 300 g/mol. The van der Waals surface area contributed by atoms with E-state index in [0.29, 0.717) is 18.4 Å². The highest BCUT2D eigenvalue weighted by molar-refractivity contribution is 5.75. The van der Waals surface area contributed by atoms with E-state index in [1.165, 1.54) is 19.3 Å². The van der Waals surface area contributed by atoms with Crippen molar-refractivity contribution in [3.05, 3.63) is 36.3 Å². The molecule has 2 bridgehead atoms. The molecule has 3 atom stereocenters. The molecule has 0 saturated heterocycles. The zero-order valence-electron chi connectivity index (χ0n) is 12.9. The van der Waals surface area contributed by atoms with Crippen molar-refractivity contribution >= 4 is 5.91 Å². The van der Waals surface area contributed by atoms with Crippen LogP contribution >= 0.6 is 0 Å². The van der Waals surface area contributed by atoms with Gasteiger partial charge in [0.25, 0.3) is 0 Å². The molecule has 0 unspecified atom stereocenters. The first kappa shape index (κ1) is 14.1. The summed E-state index contributed by atoms with van der Waals surface area (Å²) in [6, 6.07) is 3.70. The van der Waals surface area contributed by atoms with Gasteiger partial charge in [-0.3, -0.25) is 4.79 Å². The lowest BCUT2D eigenvalue weighted by Crippen LogP contribution is -2.31.